The maximum atomic E-state index is 12.7. The van der Waals surface area contributed by atoms with Crippen LogP contribution in [-0.4, -0.2) is 57.2 Å². The van der Waals surface area contributed by atoms with Crippen molar-refractivity contribution in [3.63, 3.8) is 0 Å². The van der Waals surface area contributed by atoms with E-state index >= 15 is 0 Å². The molecule has 0 spiro atoms. The van der Waals surface area contributed by atoms with Crippen molar-refractivity contribution in [3.8, 4) is 0 Å². The van der Waals surface area contributed by atoms with E-state index in [9.17, 15) is 29.2 Å². The number of nitrogens with zero attached hydrogens (tertiary/aromatic N) is 1. The van der Waals surface area contributed by atoms with Gasteiger partial charge in [-0.2, -0.15) is 0 Å². The van der Waals surface area contributed by atoms with E-state index in [0.717, 1.165) is 16.8 Å². The van der Waals surface area contributed by atoms with Crippen LogP contribution in [-0.2, 0) is 29.3 Å². The summed E-state index contributed by atoms with van der Waals surface area (Å²) in [6, 6.07) is 7.47. The van der Waals surface area contributed by atoms with Gasteiger partial charge < -0.3 is 29.3 Å². The number of anilines is 1. The van der Waals surface area contributed by atoms with Crippen LogP contribution in [0.5, 0.6) is 0 Å². The van der Waals surface area contributed by atoms with Crippen LogP contribution in [0.2, 0.25) is 0 Å². The van der Waals surface area contributed by atoms with Gasteiger partial charge >= 0.3 is 13.3 Å². The van der Waals surface area contributed by atoms with Gasteiger partial charge in [-0.05, 0) is 31.5 Å². The summed E-state index contributed by atoms with van der Waals surface area (Å²) in [5.74, 6) is -0.747. The van der Waals surface area contributed by atoms with Gasteiger partial charge in [-0.3, -0.25) is 23.7 Å². The fraction of sp³-hybridized carbons (Fsp3) is 0.450. The van der Waals surface area contributed by atoms with E-state index in [-0.39, 0.29) is 19.4 Å². The first-order valence-corrected chi connectivity index (χ1v) is 12.0. The molecule has 2 aromatic rings. The molecule has 1 unspecified atom stereocenters. The molecule has 33 heavy (non-hydrogen) atoms. The number of nitrogens with one attached hydrogen (secondary N) is 2. The van der Waals surface area contributed by atoms with Crippen LogP contribution in [0.4, 0.5) is 5.69 Å². The Labute approximate surface area is 188 Å². The highest BCUT2D eigenvalue weighted by Crippen LogP contribution is 2.51. The molecular formula is C20H26N3O9P. The fourth-order valence-electron chi connectivity index (χ4n) is 3.39. The normalized spacial score (nSPS) is 22.9. The number of carbonyl (C=O) groups is 1. The lowest BCUT2D eigenvalue weighted by Crippen LogP contribution is -2.39. The van der Waals surface area contributed by atoms with Crippen molar-refractivity contribution in [2.24, 2.45) is 0 Å². The van der Waals surface area contributed by atoms with Crippen LogP contribution in [0.1, 0.15) is 25.6 Å². The van der Waals surface area contributed by atoms with E-state index < -0.39 is 49.3 Å². The Bertz CT molecular complexity index is 1120. The summed E-state index contributed by atoms with van der Waals surface area (Å²) in [7, 11) is -3.28. The zero-order valence-corrected chi connectivity index (χ0v) is 18.9. The third kappa shape index (κ3) is 5.85. The van der Waals surface area contributed by atoms with E-state index in [4.69, 9.17) is 13.8 Å². The maximum absolute atomic E-state index is 12.7. The van der Waals surface area contributed by atoms with Gasteiger partial charge in [0.25, 0.3) is 11.5 Å². The molecule has 1 aliphatic heterocycles. The highest BCUT2D eigenvalue weighted by molar-refractivity contribution is 7.53. The number of aromatic amines is 1. The molecule has 12 nitrogen and oxygen atoms in total. The zero-order chi connectivity index (χ0) is 24.2. The molecule has 1 aliphatic rings. The standard InChI is InChI=1S/C20H26N3O9P/c1-3-30-33(29,31-4-2)11-12-5-7-13(8-6-12)21-18(27)17-15(25)16(26)19(32-17)23-10-9-14(24)22-20(23)28/h5-10,15-17,19,25-26H,3-4,11H2,1-2H3,(H,21,27)(H,22,24,28)/t15-,16+,17-,19?/m0/s1. The Morgan fingerprint density at radius 2 is 1.76 bits per heavy atom. The van der Waals surface area contributed by atoms with Crippen LogP contribution in [0.25, 0.3) is 0 Å². The minimum atomic E-state index is -3.28. The SMILES string of the molecule is CCOP(=O)(Cc1ccc(NC(=O)[C@H]2OC(n3ccc(=O)[nH]c3=O)[C@H](O)[C@@H]2O)cc1)OCC. The first kappa shape index (κ1) is 25.0. The Kier molecular flexibility index (Phi) is 8.01. The molecule has 4 atom stereocenters. The summed E-state index contributed by atoms with van der Waals surface area (Å²) in [5, 5.41) is 23.1. The molecule has 180 valence electrons. The number of amides is 1. The topological polar surface area (TPSA) is 169 Å². The van der Waals surface area contributed by atoms with E-state index in [1.165, 1.54) is 0 Å². The van der Waals surface area contributed by atoms with Crippen molar-refractivity contribution in [2.75, 3.05) is 18.5 Å². The van der Waals surface area contributed by atoms with E-state index in [1.54, 1.807) is 38.1 Å². The summed E-state index contributed by atoms with van der Waals surface area (Å²) in [5.41, 5.74) is -0.461. The molecule has 0 radical (unpaired) electrons. The summed E-state index contributed by atoms with van der Waals surface area (Å²) in [4.78, 5) is 37.8. The maximum Gasteiger partial charge on any atom is 0.335 e. The van der Waals surface area contributed by atoms with Gasteiger partial charge in [-0.25, -0.2) is 4.79 Å². The number of ether oxygens (including phenoxy) is 1. The molecule has 0 saturated carbocycles. The van der Waals surface area contributed by atoms with Crippen molar-refractivity contribution in [3.05, 3.63) is 62.9 Å². The number of rotatable bonds is 9. The average Bonchev–Trinajstić information content (AvgIpc) is 3.04. The lowest BCUT2D eigenvalue weighted by Gasteiger charge is -2.17. The van der Waals surface area contributed by atoms with Gasteiger partial charge in [0.2, 0.25) is 0 Å². The molecule has 1 fully saturated rings. The number of benzene rings is 1. The molecule has 0 aliphatic carbocycles. The van der Waals surface area contributed by atoms with Crippen LogP contribution in [0.3, 0.4) is 0 Å². The number of hydrogen-bond acceptors (Lipinski definition) is 9. The molecule has 3 rings (SSSR count). The second-order valence-corrected chi connectivity index (χ2v) is 9.29. The van der Waals surface area contributed by atoms with Crippen LogP contribution < -0.4 is 16.6 Å². The van der Waals surface area contributed by atoms with Gasteiger partial charge in [0.05, 0.1) is 19.4 Å². The van der Waals surface area contributed by atoms with E-state index in [1.807, 2.05) is 4.98 Å². The Hall–Kier alpha value is -2.60. The lowest BCUT2D eigenvalue weighted by molar-refractivity contribution is -0.132. The number of aliphatic hydroxyl groups is 2. The lowest BCUT2D eigenvalue weighted by atomic mass is 10.1. The van der Waals surface area contributed by atoms with E-state index in [2.05, 4.69) is 5.32 Å². The van der Waals surface area contributed by atoms with Crippen LogP contribution >= 0.6 is 7.60 Å². The third-order valence-corrected chi connectivity index (χ3v) is 6.93. The third-order valence-electron chi connectivity index (χ3n) is 4.87. The second-order valence-electron chi connectivity index (χ2n) is 7.24. The van der Waals surface area contributed by atoms with Gasteiger partial charge in [0.1, 0.15) is 12.2 Å². The molecular weight excluding hydrogens is 457 g/mol. The highest BCUT2D eigenvalue weighted by atomic mass is 31.2. The smallest absolute Gasteiger partial charge is 0.335 e. The number of hydrogen-bond donors (Lipinski definition) is 4. The van der Waals surface area contributed by atoms with Gasteiger partial charge in [-0.15, -0.1) is 0 Å². The summed E-state index contributed by atoms with van der Waals surface area (Å²) < 4.78 is 29.5. The van der Waals surface area contributed by atoms with Crippen molar-refractivity contribution < 1.29 is 33.4 Å². The Morgan fingerprint density at radius 1 is 1.12 bits per heavy atom. The van der Waals surface area contributed by atoms with Gasteiger partial charge in [0, 0.05) is 18.0 Å². The van der Waals surface area contributed by atoms with Crippen LogP contribution in [0, 0.1) is 0 Å². The quantitative estimate of drug-likeness (QED) is 0.372. The van der Waals surface area contributed by atoms with Crippen molar-refractivity contribution in [1.82, 2.24) is 9.55 Å². The second kappa shape index (κ2) is 10.6. The first-order valence-electron chi connectivity index (χ1n) is 10.3. The number of aliphatic hydroxyl groups excluding tert-OH is 2. The number of aromatic nitrogens is 2. The van der Waals surface area contributed by atoms with Crippen molar-refractivity contribution in [2.45, 2.75) is 44.5 Å². The minimum Gasteiger partial charge on any atom is -0.387 e. The largest absolute Gasteiger partial charge is 0.387 e. The Balaban J connectivity index is 1.68. The number of carbonyl (C=O) groups excluding carboxylic acids is 1. The molecule has 0 bridgehead atoms. The molecule has 1 saturated heterocycles. The Morgan fingerprint density at radius 3 is 2.33 bits per heavy atom. The fourth-order valence-corrected chi connectivity index (χ4v) is 5.09. The molecule has 1 aromatic heterocycles. The summed E-state index contributed by atoms with van der Waals surface area (Å²) in [6.07, 6.45) is -4.87. The first-order chi connectivity index (χ1) is 15.7. The average molecular weight is 483 g/mol. The molecule has 1 aromatic carbocycles. The minimum absolute atomic E-state index is 0.0646. The molecule has 4 N–H and O–H groups in total. The van der Waals surface area contributed by atoms with E-state index in [0.29, 0.717) is 11.3 Å². The van der Waals surface area contributed by atoms with Gasteiger partial charge in [-0.1, -0.05) is 12.1 Å². The predicted octanol–water partition coefficient (Wildman–Crippen LogP) is 0.561. The summed E-state index contributed by atoms with van der Waals surface area (Å²) in [6.45, 7) is 3.93. The van der Waals surface area contributed by atoms with Crippen LogP contribution in [0.15, 0.2) is 46.1 Å². The van der Waals surface area contributed by atoms with Crippen molar-refractivity contribution in [1.29, 1.82) is 0 Å². The summed E-state index contributed by atoms with van der Waals surface area (Å²) >= 11 is 0. The molecule has 13 heteroatoms. The number of H-pyrrole nitrogens is 1. The molecule has 1 amide bonds. The predicted molar refractivity (Wildman–Crippen MR) is 117 cm³/mol. The monoisotopic (exact) mass is 483 g/mol. The van der Waals surface area contributed by atoms with Gasteiger partial charge in [0.15, 0.2) is 12.3 Å². The van der Waals surface area contributed by atoms with Crippen molar-refractivity contribution >= 4 is 19.2 Å². The highest BCUT2D eigenvalue weighted by Gasteiger charge is 2.47. The molecule has 2 heterocycles. The zero-order valence-electron chi connectivity index (χ0n) is 18.0.